The van der Waals surface area contributed by atoms with Crippen LogP contribution in [0.15, 0.2) is 77.8 Å². The first-order valence-electron chi connectivity index (χ1n) is 11.6. The Bertz CT molecular complexity index is 1560. The maximum atomic E-state index is 13.2. The molecule has 1 heterocycles. The highest BCUT2D eigenvalue weighted by Gasteiger charge is 2.31. The van der Waals surface area contributed by atoms with Gasteiger partial charge in [-0.15, -0.1) is 0 Å². The summed E-state index contributed by atoms with van der Waals surface area (Å²) in [5.41, 5.74) is 1.46. The molecule has 0 aliphatic rings. The molecule has 1 aromatic heterocycles. The number of hydrogen-bond acceptors (Lipinski definition) is 5. The molecular formula is C27H27F3N4O3S. The molecule has 0 atom stereocenters. The second kappa shape index (κ2) is 10.5. The number of hydrogen-bond donors (Lipinski definition) is 2. The largest absolute Gasteiger partial charge is 0.494 e. The van der Waals surface area contributed by atoms with Gasteiger partial charge in [-0.3, -0.25) is 4.31 Å². The molecule has 0 spiro atoms. The molecule has 0 radical (unpaired) electrons. The van der Waals surface area contributed by atoms with Crippen molar-refractivity contribution < 1.29 is 26.7 Å². The number of benzene rings is 3. The molecule has 200 valence electrons. The third-order valence-corrected chi connectivity index (χ3v) is 7.11. The SMILES string of the molecule is CN(C)CCN(c1ccc(N=C(c2ccccc2)c2c(O)[nH]c3cc(C(F)(F)F)ccc23)cc1)S(C)(=O)=O. The molecule has 7 nitrogen and oxygen atoms in total. The number of likely N-dealkylation sites (N-methyl/N-ethyl adjacent to an activating group) is 1. The highest BCUT2D eigenvalue weighted by Crippen LogP contribution is 2.36. The molecule has 0 aliphatic carbocycles. The van der Waals surface area contributed by atoms with E-state index in [1.165, 1.54) is 10.4 Å². The second-order valence-electron chi connectivity index (χ2n) is 9.09. The van der Waals surface area contributed by atoms with Crippen molar-refractivity contribution in [3.05, 3.63) is 89.5 Å². The Morgan fingerprint density at radius 1 is 0.974 bits per heavy atom. The molecule has 0 aliphatic heterocycles. The second-order valence-corrected chi connectivity index (χ2v) is 11.0. The number of sulfonamides is 1. The average molecular weight is 545 g/mol. The summed E-state index contributed by atoms with van der Waals surface area (Å²) >= 11 is 0. The van der Waals surface area contributed by atoms with Crippen molar-refractivity contribution in [3.8, 4) is 5.88 Å². The third kappa shape index (κ3) is 6.00. The third-order valence-electron chi connectivity index (χ3n) is 5.92. The van der Waals surface area contributed by atoms with Gasteiger partial charge in [-0.05, 0) is 50.5 Å². The van der Waals surface area contributed by atoms with Crippen LogP contribution in [0.2, 0.25) is 0 Å². The maximum Gasteiger partial charge on any atom is 0.416 e. The van der Waals surface area contributed by atoms with Crippen LogP contribution in [0.1, 0.15) is 16.7 Å². The van der Waals surface area contributed by atoms with Crippen LogP contribution in [0.4, 0.5) is 24.5 Å². The molecule has 4 aromatic rings. The lowest BCUT2D eigenvalue weighted by molar-refractivity contribution is -0.137. The van der Waals surface area contributed by atoms with Gasteiger partial charge in [-0.25, -0.2) is 13.4 Å². The molecule has 11 heteroatoms. The maximum absolute atomic E-state index is 13.2. The Kier molecular flexibility index (Phi) is 7.52. The summed E-state index contributed by atoms with van der Waals surface area (Å²) in [4.78, 5) is 9.25. The van der Waals surface area contributed by atoms with E-state index in [0.717, 1.165) is 18.4 Å². The first-order valence-corrected chi connectivity index (χ1v) is 13.5. The topological polar surface area (TPSA) is 89.0 Å². The molecule has 38 heavy (non-hydrogen) atoms. The van der Waals surface area contributed by atoms with Crippen molar-refractivity contribution in [3.63, 3.8) is 0 Å². The minimum atomic E-state index is -4.53. The van der Waals surface area contributed by atoms with E-state index in [4.69, 9.17) is 4.99 Å². The lowest BCUT2D eigenvalue weighted by Crippen LogP contribution is -2.35. The number of aromatic amines is 1. The van der Waals surface area contributed by atoms with E-state index in [-0.39, 0.29) is 23.5 Å². The van der Waals surface area contributed by atoms with Gasteiger partial charge in [0, 0.05) is 29.6 Å². The standard InChI is InChI=1S/C27H27F3N4O3S/c1-33(2)15-16-34(38(3,36)37)21-12-10-20(11-13-21)31-25(18-7-5-4-6-8-18)24-22-14-9-19(27(28,29)30)17-23(22)32-26(24)35/h4-14,17,32,35H,15-16H2,1-3H3. The van der Waals surface area contributed by atoms with Crippen LogP contribution < -0.4 is 4.31 Å². The highest BCUT2D eigenvalue weighted by molar-refractivity contribution is 7.92. The minimum Gasteiger partial charge on any atom is -0.494 e. The Balaban J connectivity index is 1.80. The van der Waals surface area contributed by atoms with Crippen LogP contribution in [0.3, 0.4) is 0 Å². The molecule has 0 bridgehead atoms. The number of aliphatic imine (C=N–C) groups is 1. The molecule has 2 N–H and O–H groups in total. The van der Waals surface area contributed by atoms with E-state index >= 15 is 0 Å². The van der Waals surface area contributed by atoms with E-state index < -0.39 is 21.8 Å². The smallest absolute Gasteiger partial charge is 0.416 e. The normalized spacial score (nSPS) is 12.9. The predicted molar refractivity (Wildman–Crippen MR) is 144 cm³/mol. The molecule has 0 fully saturated rings. The van der Waals surface area contributed by atoms with Crippen LogP contribution >= 0.6 is 0 Å². The summed E-state index contributed by atoms with van der Waals surface area (Å²) in [5.74, 6) is -0.314. The quantitative estimate of drug-likeness (QED) is 0.291. The number of fused-ring (bicyclic) bond motifs is 1. The molecule has 4 rings (SSSR count). The Labute approximate surface area is 218 Å². The predicted octanol–water partition coefficient (Wildman–Crippen LogP) is 5.39. The molecule has 3 aromatic carbocycles. The van der Waals surface area contributed by atoms with Gasteiger partial charge in [0.2, 0.25) is 10.0 Å². The first-order chi connectivity index (χ1) is 17.8. The fourth-order valence-corrected chi connectivity index (χ4v) is 4.98. The average Bonchev–Trinajstić information content (AvgIpc) is 3.17. The van der Waals surface area contributed by atoms with Crippen LogP contribution in [0, 0.1) is 0 Å². The van der Waals surface area contributed by atoms with Gasteiger partial charge in [0.25, 0.3) is 0 Å². The zero-order valence-electron chi connectivity index (χ0n) is 21.0. The number of alkyl halides is 3. The van der Waals surface area contributed by atoms with Crippen molar-refractivity contribution in [1.82, 2.24) is 9.88 Å². The van der Waals surface area contributed by atoms with Crippen LogP contribution in [-0.4, -0.2) is 62.6 Å². The Morgan fingerprint density at radius 2 is 1.63 bits per heavy atom. The molecule has 0 saturated carbocycles. The monoisotopic (exact) mass is 544 g/mol. The molecular weight excluding hydrogens is 517 g/mol. The van der Waals surface area contributed by atoms with Gasteiger partial charge in [-0.1, -0.05) is 36.4 Å². The van der Waals surface area contributed by atoms with Gasteiger partial charge < -0.3 is 15.0 Å². The summed E-state index contributed by atoms with van der Waals surface area (Å²) in [5, 5.41) is 11.1. The number of nitrogens with zero attached hydrogens (tertiary/aromatic N) is 3. The number of H-pyrrole nitrogens is 1. The van der Waals surface area contributed by atoms with E-state index in [0.29, 0.717) is 34.6 Å². The van der Waals surface area contributed by atoms with Gasteiger partial charge in [0.05, 0.1) is 34.5 Å². The summed E-state index contributed by atoms with van der Waals surface area (Å²) in [6.07, 6.45) is -3.38. The minimum absolute atomic E-state index is 0.121. The number of aromatic nitrogens is 1. The van der Waals surface area contributed by atoms with Crippen LogP contribution in [-0.2, 0) is 16.2 Å². The summed E-state index contributed by atoms with van der Waals surface area (Å²) in [6.45, 7) is 0.799. The van der Waals surface area contributed by atoms with Crippen molar-refractivity contribution in [2.75, 3.05) is 37.7 Å². The highest BCUT2D eigenvalue weighted by atomic mass is 32.2. The van der Waals surface area contributed by atoms with Gasteiger partial charge >= 0.3 is 6.18 Å². The Morgan fingerprint density at radius 3 is 2.21 bits per heavy atom. The van der Waals surface area contributed by atoms with Gasteiger partial charge in [0.15, 0.2) is 5.88 Å². The van der Waals surface area contributed by atoms with Crippen molar-refractivity contribution in [1.29, 1.82) is 0 Å². The Hall–Kier alpha value is -3.83. The van der Waals surface area contributed by atoms with E-state index in [1.807, 2.05) is 25.1 Å². The zero-order chi connectivity index (χ0) is 27.7. The number of rotatable bonds is 8. The lowest BCUT2D eigenvalue weighted by atomic mass is 10.00. The van der Waals surface area contributed by atoms with Crippen LogP contribution in [0.25, 0.3) is 10.9 Å². The fourth-order valence-electron chi connectivity index (χ4n) is 4.06. The van der Waals surface area contributed by atoms with Gasteiger partial charge in [-0.2, -0.15) is 13.2 Å². The van der Waals surface area contributed by atoms with Gasteiger partial charge in [0.1, 0.15) is 0 Å². The van der Waals surface area contributed by atoms with E-state index in [9.17, 15) is 26.7 Å². The van der Waals surface area contributed by atoms with Crippen LogP contribution in [0.5, 0.6) is 5.88 Å². The number of nitrogens with one attached hydrogen (secondary N) is 1. The first kappa shape index (κ1) is 27.2. The van der Waals surface area contributed by atoms with Crippen molar-refractivity contribution >= 4 is 38.0 Å². The summed E-state index contributed by atoms with van der Waals surface area (Å²) in [7, 11) is 0.191. The summed E-state index contributed by atoms with van der Waals surface area (Å²) < 4.78 is 65.8. The van der Waals surface area contributed by atoms with E-state index in [1.54, 1.807) is 48.5 Å². The fraction of sp³-hybridized carbons (Fsp3) is 0.222. The van der Waals surface area contributed by atoms with E-state index in [2.05, 4.69) is 4.98 Å². The van der Waals surface area contributed by atoms with Crippen molar-refractivity contribution in [2.24, 2.45) is 4.99 Å². The number of anilines is 1. The zero-order valence-corrected chi connectivity index (χ0v) is 21.8. The molecule has 0 amide bonds. The number of aromatic hydroxyl groups is 1. The molecule has 0 unspecified atom stereocenters. The molecule has 0 saturated heterocycles. The lowest BCUT2D eigenvalue weighted by Gasteiger charge is -2.24. The number of halogens is 3. The summed E-state index contributed by atoms with van der Waals surface area (Å²) in [6, 6.07) is 18.8. The van der Waals surface area contributed by atoms with Crippen molar-refractivity contribution in [2.45, 2.75) is 6.18 Å².